The fourth-order valence-corrected chi connectivity index (χ4v) is 3.50. The number of carbonyl (C=O) groups excluding carboxylic acids is 1. The van der Waals surface area contributed by atoms with Crippen LogP contribution < -0.4 is 14.8 Å². The maximum atomic E-state index is 12.6. The first-order valence-corrected chi connectivity index (χ1v) is 10.3. The Kier molecular flexibility index (Phi) is 7.24. The molecule has 0 saturated heterocycles. The Morgan fingerprint density at radius 3 is 2.41 bits per heavy atom. The second-order valence-corrected chi connectivity index (χ2v) is 8.50. The molecule has 0 saturated carbocycles. The maximum Gasteiger partial charge on any atom is 0.339 e. The molecule has 0 atom stereocenters. The molecule has 0 fully saturated rings. The van der Waals surface area contributed by atoms with Crippen molar-refractivity contribution in [3.8, 4) is 5.75 Å². The molecule has 1 amide bonds. The lowest BCUT2D eigenvalue weighted by molar-refractivity contribution is -0.114. The second-order valence-electron chi connectivity index (χ2n) is 6.52. The van der Waals surface area contributed by atoms with Gasteiger partial charge in [0.15, 0.2) is 0 Å². The van der Waals surface area contributed by atoms with Gasteiger partial charge in [0.1, 0.15) is 10.6 Å². The van der Waals surface area contributed by atoms with Crippen LogP contribution in [0.4, 0.5) is 5.69 Å². The summed E-state index contributed by atoms with van der Waals surface area (Å²) in [5.41, 5.74) is 1.16. The number of halogens is 1. The van der Waals surface area contributed by atoms with E-state index in [1.54, 1.807) is 12.1 Å². The number of carbonyl (C=O) groups is 1. The van der Waals surface area contributed by atoms with Gasteiger partial charge in [0.05, 0.1) is 0 Å². The number of anilines is 1. The lowest BCUT2D eigenvalue weighted by Crippen LogP contribution is -2.20. The Morgan fingerprint density at radius 1 is 1.15 bits per heavy atom. The second kappa shape index (κ2) is 9.21. The summed E-state index contributed by atoms with van der Waals surface area (Å²) >= 11 is 6.04. The molecule has 0 aliphatic rings. The molecule has 0 spiro atoms. The average molecular weight is 411 g/mol. The van der Waals surface area contributed by atoms with E-state index in [1.807, 2.05) is 0 Å². The number of amides is 1. The van der Waals surface area contributed by atoms with Gasteiger partial charge in [0.25, 0.3) is 0 Å². The van der Waals surface area contributed by atoms with Crippen molar-refractivity contribution < 1.29 is 17.4 Å². The standard InChI is InChI=1S/C19H23ClN2O4S/c1-13(2)11-21-12-15-10-16(20)4-9-19(15)26-27(24,25)18-7-5-17(6-8-18)22-14(3)23/h4-10,13,21H,11-12H2,1-3H3,(H,22,23). The molecule has 0 radical (unpaired) electrons. The molecule has 0 bridgehead atoms. The van der Waals surface area contributed by atoms with E-state index in [0.29, 0.717) is 28.7 Å². The third kappa shape index (κ3) is 6.53. The van der Waals surface area contributed by atoms with Gasteiger partial charge in [-0.25, -0.2) is 0 Å². The van der Waals surface area contributed by atoms with Crippen molar-refractivity contribution in [2.75, 3.05) is 11.9 Å². The van der Waals surface area contributed by atoms with Gasteiger partial charge in [-0.05, 0) is 54.9 Å². The number of hydrogen-bond donors (Lipinski definition) is 2. The Balaban J connectivity index is 2.20. The predicted molar refractivity (Wildman–Crippen MR) is 107 cm³/mol. The fourth-order valence-electron chi connectivity index (χ4n) is 2.34. The van der Waals surface area contributed by atoms with Crippen LogP contribution in [0.15, 0.2) is 47.4 Å². The minimum Gasteiger partial charge on any atom is -0.379 e. The van der Waals surface area contributed by atoms with E-state index in [4.69, 9.17) is 15.8 Å². The molecule has 0 aromatic heterocycles. The van der Waals surface area contributed by atoms with Gasteiger partial charge in [-0.2, -0.15) is 8.42 Å². The fraction of sp³-hybridized carbons (Fsp3) is 0.316. The monoisotopic (exact) mass is 410 g/mol. The summed E-state index contributed by atoms with van der Waals surface area (Å²) in [5.74, 6) is 0.447. The zero-order chi connectivity index (χ0) is 20.0. The molecule has 27 heavy (non-hydrogen) atoms. The molecule has 2 aromatic rings. The van der Waals surface area contributed by atoms with Crippen molar-refractivity contribution in [1.29, 1.82) is 0 Å². The Morgan fingerprint density at radius 2 is 1.81 bits per heavy atom. The molecule has 146 valence electrons. The van der Waals surface area contributed by atoms with Crippen LogP contribution in [0.5, 0.6) is 5.75 Å². The number of rotatable bonds is 8. The first kappa shape index (κ1) is 21.2. The van der Waals surface area contributed by atoms with Gasteiger partial charge in [0, 0.05) is 29.7 Å². The average Bonchev–Trinajstić information content (AvgIpc) is 2.57. The number of hydrogen-bond acceptors (Lipinski definition) is 5. The lowest BCUT2D eigenvalue weighted by Gasteiger charge is -2.14. The SMILES string of the molecule is CC(=O)Nc1ccc(S(=O)(=O)Oc2ccc(Cl)cc2CNCC(C)C)cc1. The Hall–Kier alpha value is -2.09. The topological polar surface area (TPSA) is 84.5 Å². The molecule has 2 N–H and O–H groups in total. The Labute approximate surface area is 165 Å². The van der Waals surface area contributed by atoms with E-state index in [0.717, 1.165) is 6.54 Å². The van der Waals surface area contributed by atoms with E-state index in [1.165, 1.54) is 37.3 Å². The maximum absolute atomic E-state index is 12.6. The number of nitrogens with one attached hydrogen (secondary N) is 2. The van der Waals surface area contributed by atoms with E-state index < -0.39 is 10.1 Å². The van der Waals surface area contributed by atoms with Gasteiger partial charge in [-0.15, -0.1) is 0 Å². The van der Waals surface area contributed by atoms with Crippen LogP contribution in [0.3, 0.4) is 0 Å². The van der Waals surface area contributed by atoms with Crippen molar-refractivity contribution >= 4 is 33.3 Å². The van der Waals surface area contributed by atoms with Gasteiger partial charge < -0.3 is 14.8 Å². The quantitative estimate of drug-likeness (QED) is 0.646. The van der Waals surface area contributed by atoms with Crippen molar-refractivity contribution in [3.05, 3.63) is 53.1 Å². The first-order chi connectivity index (χ1) is 12.7. The van der Waals surface area contributed by atoms with Gasteiger partial charge in [0.2, 0.25) is 5.91 Å². The smallest absolute Gasteiger partial charge is 0.339 e. The zero-order valence-electron chi connectivity index (χ0n) is 15.5. The van der Waals surface area contributed by atoms with Crippen LogP contribution in [0.25, 0.3) is 0 Å². The summed E-state index contributed by atoms with van der Waals surface area (Å²) in [4.78, 5) is 11.1. The van der Waals surface area contributed by atoms with Gasteiger partial charge >= 0.3 is 10.1 Å². The summed E-state index contributed by atoms with van der Waals surface area (Å²) in [6, 6.07) is 10.6. The molecular weight excluding hydrogens is 388 g/mol. The van der Waals surface area contributed by atoms with E-state index in [2.05, 4.69) is 24.5 Å². The summed E-state index contributed by atoms with van der Waals surface area (Å²) < 4.78 is 30.5. The highest BCUT2D eigenvalue weighted by atomic mass is 35.5. The van der Waals surface area contributed by atoms with E-state index >= 15 is 0 Å². The first-order valence-electron chi connectivity index (χ1n) is 8.48. The lowest BCUT2D eigenvalue weighted by atomic mass is 10.2. The molecule has 2 rings (SSSR count). The van der Waals surface area contributed by atoms with Crippen LogP contribution in [0, 0.1) is 5.92 Å². The van der Waals surface area contributed by atoms with Crippen LogP contribution in [-0.2, 0) is 21.5 Å². The third-order valence-electron chi connectivity index (χ3n) is 3.55. The van der Waals surface area contributed by atoms with Crippen LogP contribution >= 0.6 is 11.6 Å². The van der Waals surface area contributed by atoms with Crippen LogP contribution in [0.1, 0.15) is 26.3 Å². The number of benzene rings is 2. The minimum absolute atomic E-state index is 0.00681. The van der Waals surface area contributed by atoms with E-state index in [-0.39, 0.29) is 16.6 Å². The normalized spacial score (nSPS) is 11.4. The summed E-state index contributed by atoms with van der Waals surface area (Å²) in [7, 11) is -4.02. The van der Waals surface area contributed by atoms with Crippen molar-refractivity contribution in [2.45, 2.75) is 32.2 Å². The molecule has 0 heterocycles. The summed E-state index contributed by atoms with van der Waals surface area (Å²) in [6.07, 6.45) is 0. The molecule has 8 heteroatoms. The zero-order valence-corrected chi connectivity index (χ0v) is 17.0. The Bertz CT molecular complexity index is 896. The molecule has 6 nitrogen and oxygen atoms in total. The highest BCUT2D eigenvalue weighted by molar-refractivity contribution is 7.87. The largest absolute Gasteiger partial charge is 0.379 e. The highest BCUT2D eigenvalue weighted by Crippen LogP contribution is 2.26. The summed E-state index contributed by atoms with van der Waals surface area (Å²) in [5, 5.41) is 6.33. The van der Waals surface area contributed by atoms with Crippen LogP contribution in [-0.4, -0.2) is 20.9 Å². The van der Waals surface area contributed by atoms with Crippen LogP contribution in [0.2, 0.25) is 5.02 Å². The van der Waals surface area contributed by atoms with E-state index in [9.17, 15) is 13.2 Å². The van der Waals surface area contributed by atoms with Crippen molar-refractivity contribution in [3.63, 3.8) is 0 Å². The van der Waals surface area contributed by atoms with Gasteiger partial charge in [-0.1, -0.05) is 25.4 Å². The third-order valence-corrected chi connectivity index (χ3v) is 5.04. The molecular formula is C19H23ClN2O4S. The van der Waals surface area contributed by atoms with Gasteiger partial charge in [-0.3, -0.25) is 4.79 Å². The molecule has 0 unspecified atom stereocenters. The van der Waals surface area contributed by atoms with Crippen molar-refractivity contribution in [1.82, 2.24) is 5.32 Å². The summed E-state index contributed by atoms with van der Waals surface area (Å²) in [6.45, 7) is 6.76. The highest BCUT2D eigenvalue weighted by Gasteiger charge is 2.19. The minimum atomic E-state index is -4.02. The molecule has 0 aliphatic carbocycles. The predicted octanol–water partition coefficient (Wildman–Crippen LogP) is 3.81. The van der Waals surface area contributed by atoms with Crippen molar-refractivity contribution in [2.24, 2.45) is 5.92 Å². The molecule has 2 aromatic carbocycles. The molecule has 0 aliphatic heterocycles.